The van der Waals surface area contributed by atoms with Gasteiger partial charge in [-0.15, -0.1) is 0 Å². The summed E-state index contributed by atoms with van der Waals surface area (Å²) in [5, 5.41) is 0. The molecular formula is C27H23NO4. The maximum Gasteiger partial charge on any atom is 0.327 e. The number of carbonyl (C=O) groups excluding carboxylic acids is 3. The Kier molecular flexibility index (Phi) is 4.52. The molecule has 5 heteroatoms. The second-order valence-electron chi connectivity index (χ2n) is 8.63. The number of benzene rings is 3. The number of ether oxygens (including phenoxy) is 1. The minimum Gasteiger partial charge on any atom is -0.425 e. The molecule has 0 saturated carbocycles. The van der Waals surface area contributed by atoms with Crippen LogP contribution in [0.25, 0.3) is 0 Å². The highest BCUT2D eigenvalue weighted by Crippen LogP contribution is 2.52. The molecule has 160 valence electrons. The van der Waals surface area contributed by atoms with E-state index < -0.39 is 17.3 Å². The summed E-state index contributed by atoms with van der Waals surface area (Å²) in [5.41, 5.74) is 3.29. The monoisotopic (exact) mass is 425 g/mol. The normalized spacial score (nSPS) is 22.3. The molecule has 0 unspecified atom stereocenters. The van der Waals surface area contributed by atoms with Gasteiger partial charge in [0.25, 0.3) is 0 Å². The lowest BCUT2D eigenvalue weighted by Gasteiger charge is -2.31. The lowest BCUT2D eigenvalue weighted by Crippen LogP contribution is -2.46. The minimum atomic E-state index is -1.37. The topological polar surface area (TPSA) is 63.7 Å². The lowest BCUT2D eigenvalue weighted by atomic mass is 9.66. The van der Waals surface area contributed by atoms with E-state index in [-0.39, 0.29) is 18.2 Å². The van der Waals surface area contributed by atoms with E-state index in [4.69, 9.17) is 4.74 Å². The number of esters is 1. The molecule has 0 aliphatic carbocycles. The summed E-state index contributed by atoms with van der Waals surface area (Å²) >= 11 is 0. The van der Waals surface area contributed by atoms with Gasteiger partial charge in [0.05, 0.1) is 11.6 Å². The van der Waals surface area contributed by atoms with E-state index in [1.54, 1.807) is 12.1 Å². The molecule has 0 radical (unpaired) electrons. The number of para-hydroxylation sites is 1. The highest BCUT2D eigenvalue weighted by atomic mass is 16.5. The van der Waals surface area contributed by atoms with Crippen LogP contribution in [0.2, 0.25) is 0 Å². The highest BCUT2D eigenvalue weighted by Gasteiger charge is 2.62. The Morgan fingerprint density at radius 3 is 2.19 bits per heavy atom. The van der Waals surface area contributed by atoms with E-state index in [2.05, 4.69) is 0 Å². The molecule has 0 bridgehead atoms. The van der Waals surface area contributed by atoms with Crippen LogP contribution in [0.4, 0.5) is 5.69 Å². The molecule has 2 heterocycles. The SMILES string of the molecule is Cc1cc(C)c(N2C(=O)C[C@@H]([C@@]3(c4ccccc4)C(=O)Oc4ccccc43)C2=O)c(C)c1. The van der Waals surface area contributed by atoms with Crippen LogP contribution in [0.3, 0.4) is 0 Å². The van der Waals surface area contributed by atoms with Crippen molar-refractivity contribution in [3.05, 3.63) is 94.5 Å². The fourth-order valence-corrected chi connectivity index (χ4v) is 5.41. The summed E-state index contributed by atoms with van der Waals surface area (Å²) in [7, 11) is 0. The van der Waals surface area contributed by atoms with E-state index in [0.29, 0.717) is 22.6 Å². The van der Waals surface area contributed by atoms with Gasteiger partial charge in [-0.2, -0.15) is 0 Å². The first-order valence-electron chi connectivity index (χ1n) is 10.7. The molecule has 0 N–H and O–H groups in total. The second-order valence-corrected chi connectivity index (χ2v) is 8.63. The average molecular weight is 425 g/mol. The maximum atomic E-state index is 13.9. The fraction of sp³-hybridized carbons (Fsp3) is 0.222. The zero-order valence-electron chi connectivity index (χ0n) is 18.2. The number of imide groups is 1. The van der Waals surface area contributed by atoms with Crippen LogP contribution in [-0.2, 0) is 19.8 Å². The molecule has 2 aliphatic heterocycles. The molecule has 2 atom stereocenters. The Morgan fingerprint density at radius 1 is 0.875 bits per heavy atom. The van der Waals surface area contributed by atoms with Crippen LogP contribution < -0.4 is 9.64 Å². The summed E-state index contributed by atoms with van der Waals surface area (Å²) in [4.78, 5) is 42.0. The van der Waals surface area contributed by atoms with Gasteiger partial charge in [-0.05, 0) is 43.5 Å². The van der Waals surface area contributed by atoms with Gasteiger partial charge < -0.3 is 4.74 Å². The molecule has 0 aromatic heterocycles. The van der Waals surface area contributed by atoms with Gasteiger partial charge in [-0.25, -0.2) is 4.90 Å². The minimum absolute atomic E-state index is 0.0656. The highest BCUT2D eigenvalue weighted by molar-refractivity contribution is 6.24. The van der Waals surface area contributed by atoms with Crippen LogP contribution >= 0.6 is 0 Å². The van der Waals surface area contributed by atoms with Gasteiger partial charge in [0.1, 0.15) is 11.2 Å². The van der Waals surface area contributed by atoms with E-state index in [1.807, 2.05) is 75.4 Å². The van der Waals surface area contributed by atoms with Crippen molar-refractivity contribution in [1.29, 1.82) is 0 Å². The van der Waals surface area contributed by atoms with Crippen molar-refractivity contribution in [3.63, 3.8) is 0 Å². The number of fused-ring (bicyclic) bond motifs is 1. The number of aryl methyl sites for hydroxylation is 3. The average Bonchev–Trinajstić information content (AvgIpc) is 3.22. The van der Waals surface area contributed by atoms with Gasteiger partial charge in [-0.3, -0.25) is 14.4 Å². The third-order valence-corrected chi connectivity index (χ3v) is 6.59. The molecular weight excluding hydrogens is 402 g/mol. The number of hydrogen-bond donors (Lipinski definition) is 0. The quantitative estimate of drug-likeness (QED) is 0.355. The number of anilines is 1. The molecule has 1 fully saturated rings. The lowest BCUT2D eigenvalue weighted by molar-refractivity contribution is -0.141. The van der Waals surface area contributed by atoms with Gasteiger partial charge in [0, 0.05) is 12.0 Å². The number of nitrogens with zero attached hydrogens (tertiary/aromatic N) is 1. The van der Waals surface area contributed by atoms with Crippen molar-refractivity contribution in [2.45, 2.75) is 32.6 Å². The van der Waals surface area contributed by atoms with Crippen molar-refractivity contribution in [2.24, 2.45) is 5.92 Å². The zero-order chi connectivity index (χ0) is 22.6. The molecule has 0 spiro atoms. The van der Waals surface area contributed by atoms with Crippen molar-refractivity contribution < 1.29 is 19.1 Å². The smallest absolute Gasteiger partial charge is 0.327 e. The predicted octanol–water partition coefficient (Wildman–Crippen LogP) is 4.40. The third-order valence-electron chi connectivity index (χ3n) is 6.59. The largest absolute Gasteiger partial charge is 0.425 e. The van der Waals surface area contributed by atoms with Gasteiger partial charge in [0.2, 0.25) is 11.8 Å². The van der Waals surface area contributed by atoms with Crippen LogP contribution in [-0.4, -0.2) is 17.8 Å². The molecule has 5 nitrogen and oxygen atoms in total. The molecule has 2 aliphatic rings. The van der Waals surface area contributed by atoms with Crippen LogP contribution in [0.15, 0.2) is 66.7 Å². The summed E-state index contributed by atoms with van der Waals surface area (Å²) in [6, 6.07) is 20.3. The Balaban J connectivity index is 1.71. The molecule has 1 saturated heterocycles. The first kappa shape index (κ1) is 20.2. The Hall–Kier alpha value is -3.73. The van der Waals surface area contributed by atoms with Crippen molar-refractivity contribution in [3.8, 4) is 5.75 Å². The first-order valence-corrected chi connectivity index (χ1v) is 10.7. The van der Waals surface area contributed by atoms with E-state index in [1.165, 1.54) is 4.90 Å². The van der Waals surface area contributed by atoms with E-state index in [9.17, 15) is 14.4 Å². The number of hydrogen-bond acceptors (Lipinski definition) is 4. The van der Waals surface area contributed by atoms with Crippen LogP contribution in [0, 0.1) is 26.7 Å². The van der Waals surface area contributed by atoms with Gasteiger partial charge in [0.15, 0.2) is 0 Å². The summed E-state index contributed by atoms with van der Waals surface area (Å²) in [6.45, 7) is 5.78. The van der Waals surface area contributed by atoms with E-state index >= 15 is 0 Å². The number of amides is 2. The predicted molar refractivity (Wildman–Crippen MR) is 121 cm³/mol. The fourth-order valence-electron chi connectivity index (χ4n) is 5.41. The summed E-state index contributed by atoms with van der Waals surface area (Å²) in [5.74, 6) is -1.66. The number of rotatable bonds is 3. The maximum absolute atomic E-state index is 13.9. The number of carbonyl (C=O) groups is 3. The first-order chi connectivity index (χ1) is 15.4. The van der Waals surface area contributed by atoms with Crippen LogP contribution in [0.5, 0.6) is 5.75 Å². The summed E-state index contributed by atoms with van der Waals surface area (Å²) in [6.07, 6.45) is -0.0656. The zero-order valence-corrected chi connectivity index (χ0v) is 18.2. The Morgan fingerprint density at radius 2 is 1.50 bits per heavy atom. The molecule has 32 heavy (non-hydrogen) atoms. The van der Waals surface area contributed by atoms with E-state index in [0.717, 1.165) is 16.7 Å². The molecule has 2 amide bonds. The Bertz CT molecular complexity index is 1260. The van der Waals surface area contributed by atoms with Crippen molar-refractivity contribution >= 4 is 23.5 Å². The Labute approximate surface area is 186 Å². The third kappa shape index (κ3) is 2.67. The van der Waals surface area contributed by atoms with Gasteiger partial charge in [-0.1, -0.05) is 66.2 Å². The molecule has 3 aromatic carbocycles. The van der Waals surface area contributed by atoms with Crippen LogP contribution in [0.1, 0.15) is 34.2 Å². The van der Waals surface area contributed by atoms with Crippen molar-refractivity contribution in [2.75, 3.05) is 4.90 Å². The van der Waals surface area contributed by atoms with Gasteiger partial charge >= 0.3 is 5.97 Å². The van der Waals surface area contributed by atoms with Crippen molar-refractivity contribution in [1.82, 2.24) is 0 Å². The molecule has 5 rings (SSSR count). The second kappa shape index (κ2) is 7.16. The standard InChI is InChI=1S/C27H23NO4/c1-16-13-17(2)24(18(3)14-16)28-23(29)15-21(25(28)30)27(19-9-5-4-6-10-19)20-11-7-8-12-22(20)32-26(27)31/h4-14,21H,15H2,1-3H3/t21-,27+/m1/s1. The summed E-state index contributed by atoms with van der Waals surface area (Å²) < 4.78 is 5.66. The molecule has 3 aromatic rings.